The largest absolute Gasteiger partial charge is 0.483 e. The minimum absolute atomic E-state index is 0.0243. The molecule has 4 aromatic rings. The Kier molecular flexibility index (Phi) is 7.18. The van der Waals surface area contributed by atoms with Gasteiger partial charge in [-0.05, 0) is 43.0 Å². The summed E-state index contributed by atoms with van der Waals surface area (Å²) in [6.07, 6.45) is 3.78. The van der Waals surface area contributed by atoms with Gasteiger partial charge in [0.1, 0.15) is 29.1 Å². The highest BCUT2D eigenvalue weighted by atomic mass is 19.1. The highest BCUT2D eigenvalue weighted by Gasteiger charge is 2.24. The number of fused-ring (bicyclic) bond motifs is 1. The van der Waals surface area contributed by atoms with E-state index < -0.39 is 6.09 Å². The molecule has 186 valence electrons. The van der Waals surface area contributed by atoms with Crippen LogP contribution < -0.4 is 16.8 Å². The quantitative estimate of drug-likeness (QED) is 0.301. The normalized spacial score (nSPS) is 12.8. The van der Waals surface area contributed by atoms with Crippen LogP contribution >= 0.6 is 0 Å². The van der Waals surface area contributed by atoms with E-state index in [9.17, 15) is 9.18 Å². The minimum atomic E-state index is -0.654. The van der Waals surface area contributed by atoms with E-state index in [0.717, 1.165) is 19.3 Å². The number of nitrogens with one attached hydrogen (secondary N) is 1. The van der Waals surface area contributed by atoms with Gasteiger partial charge in [0, 0.05) is 12.6 Å². The molecule has 3 heterocycles. The van der Waals surface area contributed by atoms with Gasteiger partial charge in [0.15, 0.2) is 17.5 Å². The van der Waals surface area contributed by atoms with Crippen LogP contribution in [0.4, 0.5) is 26.5 Å². The number of nitrogens with zero attached hydrogens (tertiary/aromatic N) is 5. The van der Waals surface area contributed by atoms with Gasteiger partial charge in [0.2, 0.25) is 0 Å². The summed E-state index contributed by atoms with van der Waals surface area (Å²) in [6, 6.07) is 10.0. The van der Waals surface area contributed by atoms with Gasteiger partial charge in [-0.1, -0.05) is 18.2 Å². The van der Waals surface area contributed by atoms with Crippen molar-refractivity contribution in [1.82, 2.24) is 24.6 Å². The van der Waals surface area contributed by atoms with Crippen molar-refractivity contribution < 1.29 is 23.8 Å². The third kappa shape index (κ3) is 5.14. The fraction of sp³-hybridized carbons (Fsp3) is 0.217. The Balaban J connectivity index is 0.000000967. The Hall–Kier alpha value is -4.81. The van der Waals surface area contributed by atoms with E-state index in [1.165, 1.54) is 6.07 Å². The zero-order valence-electron chi connectivity index (χ0n) is 19.0. The molecule has 1 aliphatic carbocycles. The van der Waals surface area contributed by atoms with Crippen LogP contribution in [0, 0.1) is 5.82 Å². The molecular formula is C23H23FN8O4. The summed E-state index contributed by atoms with van der Waals surface area (Å²) in [6.45, 7) is -0.250. The second-order valence-corrected chi connectivity index (χ2v) is 7.85. The zero-order valence-corrected chi connectivity index (χ0v) is 19.0. The predicted molar refractivity (Wildman–Crippen MR) is 128 cm³/mol. The summed E-state index contributed by atoms with van der Waals surface area (Å²) in [5, 5.41) is 13.7. The number of nitrogens with two attached hydrogens (primary N) is 2. The molecule has 5 rings (SSSR count). The number of hydrogen-bond acceptors (Lipinski definition) is 9. The lowest BCUT2D eigenvalue weighted by Gasteiger charge is -2.25. The van der Waals surface area contributed by atoms with Crippen molar-refractivity contribution in [3.8, 4) is 11.5 Å². The van der Waals surface area contributed by atoms with Crippen molar-refractivity contribution in [2.45, 2.75) is 31.8 Å². The van der Waals surface area contributed by atoms with Crippen molar-refractivity contribution >= 4 is 35.4 Å². The van der Waals surface area contributed by atoms with Gasteiger partial charge in [-0.15, -0.1) is 0 Å². The molecular weight excluding hydrogens is 471 g/mol. The van der Waals surface area contributed by atoms with E-state index in [4.69, 9.17) is 26.1 Å². The molecule has 1 aliphatic rings. The number of amides is 1. The Morgan fingerprint density at radius 2 is 1.86 bits per heavy atom. The van der Waals surface area contributed by atoms with Crippen LogP contribution in [0.5, 0.6) is 0 Å². The molecule has 0 spiro atoms. The zero-order chi connectivity index (χ0) is 25.7. The van der Waals surface area contributed by atoms with Crippen LogP contribution in [0.1, 0.15) is 30.7 Å². The van der Waals surface area contributed by atoms with Crippen LogP contribution in [0.3, 0.4) is 0 Å². The van der Waals surface area contributed by atoms with E-state index in [1.807, 2.05) is 0 Å². The number of carboxylic acid groups (broad SMARTS) is 1. The first-order valence-electron chi connectivity index (χ1n) is 11.0. The molecule has 1 aromatic carbocycles. The summed E-state index contributed by atoms with van der Waals surface area (Å²) in [5.41, 5.74) is 13.7. The van der Waals surface area contributed by atoms with Gasteiger partial charge < -0.3 is 21.3 Å². The first-order valence-corrected chi connectivity index (χ1v) is 11.0. The lowest BCUT2D eigenvalue weighted by Crippen LogP contribution is -2.28. The van der Waals surface area contributed by atoms with E-state index in [1.54, 1.807) is 41.0 Å². The highest BCUT2D eigenvalue weighted by Crippen LogP contribution is 2.30. The van der Waals surface area contributed by atoms with Crippen molar-refractivity contribution in [3.05, 3.63) is 59.8 Å². The summed E-state index contributed by atoms with van der Waals surface area (Å²) in [5.74, 6) is 0.277. The molecule has 3 aromatic heterocycles. The molecule has 0 saturated heterocycles. The van der Waals surface area contributed by atoms with E-state index in [0.29, 0.717) is 22.6 Å². The van der Waals surface area contributed by atoms with Gasteiger partial charge in [-0.2, -0.15) is 5.10 Å². The lowest BCUT2D eigenvalue weighted by atomic mass is 9.96. The molecule has 12 nitrogen and oxygen atoms in total. The Bertz CT molecular complexity index is 1380. The highest BCUT2D eigenvalue weighted by molar-refractivity contribution is 5.93. The van der Waals surface area contributed by atoms with Crippen molar-refractivity contribution in [2.75, 3.05) is 16.8 Å². The summed E-state index contributed by atoms with van der Waals surface area (Å²) < 4.78 is 21.1. The van der Waals surface area contributed by atoms with Crippen molar-refractivity contribution in [1.29, 1.82) is 0 Å². The number of imidazole rings is 1. The molecule has 1 fully saturated rings. The Labute approximate surface area is 204 Å². The molecule has 0 bridgehead atoms. The minimum Gasteiger partial charge on any atom is -0.483 e. The number of carbonyl (C=O) groups excluding carboxylic acids is 1. The SMILES string of the molecule is Nc1nc(-c2nc(Cc3ccccc3F)n3ncccc23)nc(N)c1NC(=O)OC1CCC1.O=CO. The predicted octanol–water partition coefficient (Wildman–Crippen LogP) is 2.88. The molecule has 13 heteroatoms. The average molecular weight is 494 g/mol. The van der Waals surface area contributed by atoms with E-state index in [2.05, 4.69) is 25.4 Å². The van der Waals surface area contributed by atoms with Crippen molar-refractivity contribution in [2.24, 2.45) is 0 Å². The third-order valence-corrected chi connectivity index (χ3v) is 5.51. The van der Waals surface area contributed by atoms with Gasteiger partial charge in [0.05, 0.1) is 5.52 Å². The molecule has 36 heavy (non-hydrogen) atoms. The average Bonchev–Trinajstić information content (AvgIpc) is 3.19. The molecule has 6 N–H and O–H groups in total. The maximum atomic E-state index is 14.2. The van der Waals surface area contributed by atoms with Gasteiger partial charge in [0.25, 0.3) is 6.47 Å². The van der Waals surface area contributed by atoms with Crippen molar-refractivity contribution in [3.63, 3.8) is 0 Å². The summed E-state index contributed by atoms with van der Waals surface area (Å²) >= 11 is 0. The van der Waals surface area contributed by atoms with E-state index >= 15 is 0 Å². The lowest BCUT2D eigenvalue weighted by molar-refractivity contribution is -0.122. The number of anilines is 3. The number of nitrogen functional groups attached to an aromatic ring is 2. The number of hydrogen-bond donors (Lipinski definition) is 4. The Morgan fingerprint density at radius 3 is 2.50 bits per heavy atom. The maximum absolute atomic E-state index is 14.2. The Morgan fingerprint density at radius 1 is 1.17 bits per heavy atom. The van der Waals surface area contributed by atoms with Crippen LogP contribution in [0.2, 0.25) is 0 Å². The van der Waals surface area contributed by atoms with Crippen LogP contribution in [-0.4, -0.2) is 48.3 Å². The maximum Gasteiger partial charge on any atom is 0.412 e. The molecule has 0 radical (unpaired) electrons. The summed E-state index contributed by atoms with van der Waals surface area (Å²) in [7, 11) is 0. The molecule has 1 amide bonds. The fourth-order valence-corrected chi connectivity index (χ4v) is 3.58. The molecule has 0 aliphatic heterocycles. The second-order valence-electron chi connectivity index (χ2n) is 7.85. The second kappa shape index (κ2) is 10.6. The number of carbonyl (C=O) groups is 2. The van der Waals surface area contributed by atoms with Gasteiger partial charge >= 0.3 is 6.09 Å². The third-order valence-electron chi connectivity index (χ3n) is 5.51. The number of halogens is 1. The number of benzene rings is 1. The summed E-state index contributed by atoms with van der Waals surface area (Å²) in [4.78, 5) is 33.7. The molecule has 0 atom stereocenters. The molecule has 0 unspecified atom stereocenters. The fourth-order valence-electron chi connectivity index (χ4n) is 3.58. The number of ether oxygens (including phenoxy) is 1. The monoisotopic (exact) mass is 494 g/mol. The topological polar surface area (TPSA) is 184 Å². The van der Waals surface area contributed by atoms with E-state index in [-0.39, 0.29) is 48.0 Å². The standard InChI is InChI=1S/C22H21FN8O2.CH2O2/c23-14-8-2-1-5-12(14)11-16-27-17(15-9-4-10-26-31(15)16)21-29-19(24)18(20(25)30-21)28-22(32)33-13-6-3-7-13;2-1-3/h1-2,4-5,8-10,13H,3,6-7,11H2,(H,28,32)(H4,24,25,29,30);1H,(H,2,3). The first-order chi connectivity index (χ1) is 17.4. The molecule has 1 saturated carbocycles. The smallest absolute Gasteiger partial charge is 0.412 e. The number of rotatable bonds is 5. The van der Waals surface area contributed by atoms with Crippen LogP contribution in [0.25, 0.3) is 17.0 Å². The van der Waals surface area contributed by atoms with Crippen LogP contribution in [0.15, 0.2) is 42.6 Å². The van der Waals surface area contributed by atoms with Crippen LogP contribution in [-0.2, 0) is 16.0 Å². The van der Waals surface area contributed by atoms with Gasteiger partial charge in [-0.3, -0.25) is 10.1 Å². The number of aromatic nitrogens is 5. The van der Waals surface area contributed by atoms with Gasteiger partial charge in [-0.25, -0.2) is 28.7 Å². The first kappa shape index (κ1) is 24.3.